The largest absolute Gasteiger partial charge is 0.497 e. The zero-order valence-corrected chi connectivity index (χ0v) is 10.8. The number of carboxylic acid groups (broad SMARTS) is 1. The van der Waals surface area contributed by atoms with Crippen molar-refractivity contribution in [3.8, 4) is 5.75 Å². The molecule has 1 heterocycles. The lowest BCUT2D eigenvalue weighted by Gasteiger charge is -2.16. The Morgan fingerprint density at radius 1 is 1.50 bits per heavy atom. The van der Waals surface area contributed by atoms with Crippen molar-refractivity contribution in [2.24, 2.45) is 5.92 Å². The number of likely N-dealkylation sites (tertiary alicyclic amines) is 1. The van der Waals surface area contributed by atoms with Crippen LogP contribution in [0.4, 0.5) is 0 Å². The van der Waals surface area contributed by atoms with Gasteiger partial charge in [-0.05, 0) is 24.2 Å². The number of benzene rings is 1. The van der Waals surface area contributed by atoms with Gasteiger partial charge in [-0.1, -0.05) is 19.1 Å². The summed E-state index contributed by atoms with van der Waals surface area (Å²) in [6.45, 7) is 4.39. The standard InChI is InChI=1S/C14H19NO3/c1-3-15-8-12(13(9-15)14(16)17)10-5-4-6-11(7-10)18-2/h4-7,12-13H,3,8-9H2,1-2H3,(H,16,17)/t12-,13+/m1/s1. The molecule has 2 atom stereocenters. The van der Waals surface area contributed by atoms with Crippen LogP contribution in [0, 0.1) is 5.92 Å². The molecule has 18 heavy (non-hydrogen) atoms. The third kappa shape index (κ3) is 2.48. The molecule has 0 bridgehead atoms. The number of hydrogen-bond donors (Lipinski definition) is 1. The monoisotopic (exact) mass is 249 g/mol. The highest BCUT2D eigenvalue weighted by molar-refractivity contribution is 5.72. The van der Waals surface area contributed by atoms with Crippen molar-refractivity contribution < 1.29 is 14.6 Å². The van der Waals surface area contributed by atoms with Crippen molar-refractivity contribution in [2.75, 3.05) is 26.7 Å². The molecule has 0 amide bonds. The minimum absolute atomic E-state index is 0.0533. The molecule has 0 aliphatic carbocycles. The fourth-order valence-electron chi connectivity index (χ4n) is 2.60. The van der Waals surface area contributed by atoms with Crippen LogP contribution in [-0.2, 0) is 4.79 Å². The van der Waals surface area contributed by atoms with E-state index in [9.17, 15) is 9.90 Å². The van der Waals surface area contributed by atoms with Crippen LogP contribution in [0.15, 0.2) is 24.3 Å². The molecule has 1 fully saturated rings. The zero-order chi connectivity index (χ0) is 13.1. The first-order chi connectivity index (χ1) is 8.65. The van der Waals surface area contributed by atoms with Gasteiger partial charge >= 0.3 is 5.97 Å². The summed E-state index contributed by atoms with van der Waals surface area (Å²) in [6, 6.07) is 7.73. The van der Waals surface area contributed by atoms with Crippen molar-refractivity contribution in [1.82, 2.24) is 4.90 Å². The molecular formula is C14H19NO3. The molecule has 0 saturated carbocycles. The quantitative estimate of drug-likeness (QED) is 0.884. The lowest BCUT2D eigenvalue weighted by atomic mass is 9.89. The second-order valence-corrected chi connectivity index (χ2v) is 4.68. The van der Waals surface area contributed by atoms with Gasteiger partial charge in [-0.25, -0.2) is 0 Å². The average molecular weight is 249 g/mol. The molecule has 1 saturated heterocycles. The first-order valence-electron chi connectivity index (χ1n) is 6.24. The van der Waals surface area contributed by atoms with Gasteiger partial charge in [0.1, 0.15) is 5.75 Å². The summed E-state index contributed by atoms with van der Waals surface area (Å²) < 4.78 is 5.20. The van der Waals surface area contributed by atoms with E-state index in [1.54, 1.807) is 7.11 Å². The van der Waals surface area contributed by atoms with Gasteiger partial charge in [0.15, 0.2) is 0 Å². The van der Waals surface area contributed by atoms with Crippen molar-refractivity contribution in [2.45, 2.75) is 12.8 Å². The van der Waals surface area contributed by atoms with Gasteiger partial charge in [-0.3, -0.25) is 4.79 Å². The Balaban J connectivity index is 2.26. The number of hydrogen-bond acceptors (Lipinski definition) is 3. The van der Waals surface area contributed by atoms with E-state index in [0.717, 1.165) is 24.4 Å². The van der Waals surface area contributed by atoms with Gasteiger partial charge < -0.3 is 14.7 Å². The number of ether oxygens (including phenoxy) is 1. The second-order valence-electron chi connectivity index (χ2n) is 4.68. The van der Waals surface area contributed by atoms with Gasteiger partial charge in [0.2, 0.25) is 0 Å². The second kappa shape index (κ2) is 5.40. The molecule has 0 spiro atoms. The van der Waals surface area contributed by atoms with Crippen LogP contribution in [0.2, 0.25) is 0 Å². The maximum Gasteiger partial charge on any atom is 0.308 e. The molecule has 0 aromatic heterocycles. The summed E-state index contributed by atoms with van der Waals surface area (Å²) in [5, 5.41) is 9.33. The fourth-order valence-corrected chi connectivity index (χ4v) is 2.60. The SMILES string of the molecule is CCN1C[C@H](C(=O)O)[C@@H](c2cccc(OC)c2)C1. The van der Waals surface area contributed by atoms with Crippen molar-refractivity contribution in [3.05, 3.63) is 29.8 Å². The Bertz CT molecular complexity index is 433. The van der Waals surface area contributed by atoms with Crippen LogP contribution in [0.3, 0.4) is 0 Å². The minimum atomic E-state index is -0.709. The number of methoxy groups -OCH3 is 1. The Morgan fingerprint density at radius 2 is 2.28 bits per heavy atom. The number of carbonyl (C=O) groups is 1. The summed E-state index contributed by atoms with van der Waals surface area (Å²) in [4.78, 5) is 13.5. The Labute approximate surface area is 107 Å². The summed E-state index contributed by atoms with van der Waals surface area (Å²) in [5.74, 6) is -0.194. The average Bonchev–Trinajstić information content (AvgIpc) is 2.83. The van der Waals surface area contributed by atoms with Crippen LogP contribution >= 0.6 is 0 Å². The van der Waals surface area contributed by atoms with Crippen molar-refractivity contribution in [1.29, 1.82) is 0 Å². The molecule has 1 aliphatic heterocycles. The number of rotatable bonds is 4. The van der Waals surface area contributed by atoms with Gasteiger partial charge in [0, 0.05) is 19.0 Å². The van der Waals surface area contributed by atoms with Gasteiger partial charge in [-0.15, -0.1) is 0 Å². The third-order valence-corrected chi connectivity index (χ3v) is 3.68. The van der Waals surface area contributed by atoms with Crippen LogP contribution in [0.25, 0.3) is 0 Å². The zero-order valence-electron chi connectivity index (χ0n) is 10.8. The highest BCUT2D eigenvalue weighted by Crippen LogP contribution is 2.34. The predicted octanol–water partition coefficient (Wildman–Crippen LogP) is 1.82. The van der Waals surface area contributed by atoms with Crippen LogP contribution in [-0.4, -0.2) is 42.7 Å². The van der Waals surface area contributed by atoms with E-state index in [2.05, 4.69) is 11.8 Å². The van der Waals surface area contributed by atoms with Crippen LogP contribution < -0.4 is 4.74 Å². The first kappa shape index (κ1) is 12.9. The van der Waals surface area contributed by atoms with E-state index in [-0.39, 0.29) is 11.8 Å². The number of nitrogens with zero attached hydrogens (tertiary/aromatic N) is 1. The van der Waals surface area contributed by atoms with E-state index in [0.29, 0.717) is 6.54 Å². The van der Waals surface area contributed by atoms with Crippen LogP contribution in [0.5, 0.6) is 5.75 Å². The predicted molar refractivity (Wildman–Crippen MR) is 69.0 cm³/mol. The highest BCUT2D eigenvalue weighted by atomic mass is 16.5. The maximum atomic E-state index is 11.3. The molecule has 1 N–H and O–H groups in total. The van der Waals surface area contributed by atoms with Crippen molar-refractivity contribution in [3.63, 3.8) is 0 Å². The molecule has 0 radical (unpaired) electrons. The third-order valence-electron chi connectivity index (χ3n) is 3.68. The molecular weight excluding hydrogens is 230 g/mol. The van der Waals surface area contributed by atoms with Crippen LogP contribution in [0.1, 0.15) is 18.4 Å². The van der Waals surface area contributed by atoms with Crippen molar-refractivity contribution >= 4 is 5.97 Å². The smallest absolute Gasteiger partial charge is 0.308 e. The molecule has 1 aliphatic rings. The van der Waals surface area contributed by atoms with Gasteiger partial charge in [0.05, 0.1) is 13.0 Å². The Hall–Kier alpha value is -1.55. The maximum absolute atomic E-state index is 11.3. The summed E-state index contributed by atoms with van der Waals surface area (Å²) in [5.41, 5.74) is 1.05. The highest BCUT2D eigenvalue weighted by Gasteiger charge is 2.37. The molecule has 98 valence electrons. The lowest BCUT2D eigenvalue weighted by molar-refractivity contribution is -0.141. The molecule has 2 rings (SSSR count). The Kier molecular flexibility index (Phi) is 3.87. The lowest BCUT2D eigenvalue weighted by Crippen LogP contribution is -2.23. The van der Waals surface area contributed by atoms with E-state index >= 15 is 0 Å². The first-order valence-corrected chi connectivity index (χ1v) is 6.24. The Morgan fingerprint density at radius 3 is 2.89 bits per heavy atom. The van der Waals surface area contributed by atoms with E-state index in [4.69, 9.17) is 4.74 Å². The fraction of sp³-hybridized carbons (Fsp3) is 0.500. The number of carboxylic acids is 1. The topological polar surface area (TPSA) is 49.8 Å². The normalized spacial score (nSPS) is 24.1. The number of aliphatic carboxylic acids is 1. The molecule has 1 aromatic rings. The summed E-state index contributed by atoms with van der Waals surface area (Å²) >= 11 is 0. The number of likely N-dealkylation sites (N-methyl/N-ethyl adjacent to an activating group) is 1. The van der Waals surface area contributed by atoms with Gasteiger partial charge in [0.25, 0.3) is 0 Å². The summed E-state index contributed by atoms with van der Waals surface area (Å²) in [7, 11) is 1.63. The molecule has 4 nitrogen and oxygen atoms in total. The molecule has 1 aromatic carbocycles. The van der Waals surface area contributed by atoms with Gasteiger partial charge in [-0.2, -0.15) is 0 Å². The molecule has 4 heteroatoms. The van der Waals surface area contributed by atoms with E-state index in [1.807, 2.05) is 24.3 Å². The minimum Gasteiger partial charge on any atom is -0.497 e. The van der Waals surface area contributed by atoms with E-state index < -0.39 is 5.97 Å². The van der Waals surface area contributed by atoms with E-state index in [1.165, 1.54) is 0 Å². The molecule has 0 unspecified atom stereocenters. The summed E-state index contributed by atoms with van der Waals surface area (Å²) in [6.07, 6.45) is 0.